The summed E-state index contributed by atoms with van der Waals surface area (Å²) in [4.78, 5) is 32.8. The highest BCUT2D eigenvalue weighted by atomic mass is 32.2. The number of carbonyl (C=O) groups is 2. The molecule has 0 spiro atoms. The molecule has 5 nitrogen and oxygen atoms in total. The fraction of sp³-hybridized carbons (Fsp3) is 0.222. The van der Waals surface area contributed by atoms with Crippen molar-refractivity contribution in [1.29, 1.82) is 0 Å². The molecule has 4 aromatic carbocycles. The summed E-state index contributed by atoms with van der Waals surface area (Å²) in [6.45, 7) is 8.00. The van der Waals surface area contributed by atoms with Gasteiger partial charge in [-0.1, -0.05) is 109 Å². The predicted molar refractivity (Wildman–Crippen MR) is 173 cm³/mol. The van der Waals surface area contributed by atoms with Crippen molar-refractivity contribution in [2.24, 2.45) is 0 Å². The van der Waals surface area contributed by atoms with Crippen molar-refractivity contribution >= 4 is 35.3 Å². The van der Waals surface area contributed by atoms with Crippen molar-refractivity contribution in [1.82, 2.24) is 10.2 Å². The molecule has 0 unspecified atom stereocenters. The third-order valence-corrected chi connectivity index (χ3v) is 8.42. The van der Waals surface area contributed by atoms with E-state index in [1.807, 2.05) is 72.8 Å². The van der Waals surface area contributed by atoms with Crippen LogP contribution >= 0.6 is 11.8 Å². The van der Waals surface area contributed by atoms with E-state index in [1.54, 1.807) is 4.90 Å². The molecule has 0 aliphatic carbocycles. The molecule has 0 saturated heterocycles. The Morgan fingerprint density at radius 3 is 2.38 bits per heavy atom. The quantitative estimate of drug-likeness (QED) is 0.150. The van der Waals surface area contributed by atoms with Crippen LogP contribution in [-0.4, -0.2) is 36.3 Å². The maximum absolute atomic E-state index is 13.8. The van der Waals surface area contributed by atoms with Gasteiger partial charge in [-0.15, -0.1) is 0 Å². The van der Waals surface area contributed by atoms with Crippen molar-refractivity contribution < 1.29 is 9.59 Å². The van der Waals surface area contributed by atoms with Gasteiger partial charge < -0.3 is 10.2 Å². The number of hydrogen-bond donors (Lipinski definition) is 1. The minimum absolute atomic E-state index is 0.0616. The van der Waals surface area contributed by atoms with Crippen LogP contribution < -0.4 is 10.2 Å². The number of hydrogen-bond acceptors (Lipinski definition) is 4. The smallest absolute Gasteiger partial charge is 0.265 e. The monoisotopic (exact) mass is 575 g/mol. The Morgan fingerprint density at radius 2 is 1.64 bits per heavy atom. The predicted octanol–water partition coefficient (Wildman–Crippen LogP) is 7.32. The lowest BCUT2D eigenvalue weighted by Crippen LogP contribution is -2.34. The van der Waals surface area contributed by atoms with Crippen LogP contribution in [-0.2, 0) is 17.9 Å². The first-order chi connectivity index (χ1) is 20.5. The van der Waals surface area contributed by atoms with Gasteiger partial charge >= 0.3 is 0 Å². The molecule has 0 atom stereocenters. The van der Waals surface area contributed by atoms with Gasteiger partial charge in [0.1, 0.15) is 0 Å². The Hall–Kier alpha value is -4.13. The molecule has 5 rings (SSSR count). The molecule has 0 saturated carbocycles. The summed E-state index contributed by atoms with van der Waals surface area (Å²) in [7, 11) is 0. The molecule has 1 aliphatic rings. The average Bonchev–Trinajstić information content (AvgIpc) is 3.01. The largest absolute Gasteiger partial charge is 0.352 e. The van der Waals surface area contributed by atoms with Gasteiger partial charge in [-0.05, 0) is 60.9 Å². The van der Waals surface area contributed by atoms with E-state index in [4.69, 9.17) is 0 Å². The van der Waals surface area contributed by atoms with Crippen LogP contribution in [0.3, 0.4) is 0 Å². The Balaban J connectivity index is 1.30. The third kappa shape index (κ3) is 7.58. The molecule has 6 heteroatoms. The summed E-state index contributed by atoms with van der Waals surface area (Å²) in [5.41, 5.74) is 5.79. The van der Waals surface area contributed by atoms with Gasteiger partial charge in [-0.2, -0.15) is 0 Å². The maximum atomic E-state index is 13.8. The van der Waals surface area contributed by atoms with E-state index in [-0.39, 0.29) is 11.8 Å². The zero-order valence-electron chi connectivity index (χ0n) is 24.3. The number of aryl methyl sites for hydroxylation is 1. The lowest BCUT2D eigenvalue weighted by atomic mass is 10.1. The number of benzene rings is 4. The zero-order valence-corrected chi connectivity index (χ0v) is 25.1. The van der Waals surface area contributed by atoms with Crippen molar-refractivity contribution in [3.8, 4) is 0 Å². The standard InChI is InChI=1S/C36H37N3O2S/c1-3-38(25-29-15-8-5-9-16-29)21-11-20-37-35(40)31-18-19-33-32(24-31)39(26-30-17-10-12-27(2)22-30)36(41)34(42-33)23-28-13-6-4-7-14-28/h4-10,12-19,22-24H,3,11,20-21,25-26H2,1-2H3,(H,37,40)/b34-23-. The first kappa shape index (κ1) is 29.4. The molecule has 0 fully saturated rings. The maximum Gasteiger partial charge on any atom is 0.265 e. The molecule has 2 amide bonds. The van der Waals surface area contributed by atoms with Gasteiger partial charge in [-0.3, -0.25) is 14.5 Å². The normalized spacial score (nSPS) is 13.8. The van der Waals surface area contributed by atoms with Crippen LogP contribution in [0.5, 0.6) is 0 Å². The first-order valence-corrected chi connectivity index (χ1v) is 15.3. The molecule has 1 N–H and O–H groups in total. The van der Waals surface area contributed by atoms with Crippen LogP contribution in [0.25, 0.3) is 6.08 Å². The highest BCUT2D eigenvalue weighted by molar-refractivity contribution is 8.04. The lowest BCUT2D eigenvalue weighted by Gasteiger charge is -2.31. The average molecular weight is 576 g/mol. The van der Waals surface area contributed by atoms with E-state index >= 15 is 0 Å². The number of amides is 2. The number of fused-ring (bicyclic) bond motifs is 1. The van der Waals surface area contributed by atoms with Crippen molar-refractivity contribution in [3.63, 3.8) is 0 Å². The van der Waals surface area contributed by atoms with Gasteiger partial charge in [-0.25, -0.2) is 0 Å². The number of carbonyl (C=O) groups excluding carboxylic acids is 2. The van der Waals surface area contributed by atoms with Crippen LogP contribution in [0.15, 0.2) is 113 Å². The lowest BCUT2D eigenvalue weighted by molar-refractivity contribution is -0.114. The Labute approximate surface area is 253 Å². The van der Waals surface area contributed by atoms with E-state index in [2.05, 4.69) is 60.5 Å². The van der Waals surface area contributed by atoms with Gasteiger partial charge in [0.15, 0.2) is 0 Å². The van der Waals surface area contributed by atoms with Crippen molar-refractivity contribution in [2.75, 3.05) is 24.5 Å². The van der Waals surface area contributed by atoms with Crippen LogP contribution in [0.1, 0.15) is 46.0 Å². The summed E-state index contributed by atoms with van der Waals surface area (Å²) in [5, 5.41) is 3.09. The minimum Gasteiger partial charge on any atom is -0.352 e. The number of nitrogens with one attached hydrogen (secondary N) is 1. The zero-order chi connectivity index (χ0) is 29.3. The number of rotatable bonds is 11. The molecule has 42 heavy (non-hydrogen) atoms. The molecule has 0 bridgehead atoms. The molecule has 4 aromatic rings. The summed E-state index contributed by atoms with van der Waals surface area (Å²) >= 11 is 1.46. The summed E-state index contributed by atoms with van der Waals surface area (Å²) in [6.07, 6.45) is 2.80. The Bertz CT molecular complexity index is 1550. The molecule has 1 aliphatic heterocycles. The fourth-order valence-electron chi connectivity index (χ4n) is 5.10. The number of anilines is 1. The van der Waals surface area contributed by atoms with Crippen LogP contribution in [0, 0.1) is 6.92 Å². The van der Waals surface area contributed by atoms with Crippen molar-refractivity contribution in [3.05, 3.63) is 136 Å². The second-order valence-electron chi connectivity index (χ2n) is 10.5. The van der Waals surface area contributed by atoms with Gasteiger partial charge in [0.05, 0.1) is 17.1 Å². The number of nitrogens with zero attached hydrogens (tertiary/aromatic N) is 2. The van der Waals surface area contributed by atoms with Gasteiger partial charge in [0.25, 0.3) is 11.8 Å². The number of thioether (sulfide) groups is 1. The van der Waals surface area contributed by atoms with Crippen LogP contribution in [0.2, 0.25) is 0 Å². The summed E-state index contributed by atoms with van der Waals surface area (Å²) < 4.78 is 0. The third-order valence-electron chi connectivity index (χ3n) is 7.34. The second-order valence-corrected chi connectivity index (χ2v) is 11.6. The second kappa shape index (κ2) is 14.2. The SMILES string of the molecule is CCN(CCCNC(=O)c1ccc2c(c1)N(Cc1cccc(C)c1)C(=O)/C(=C/c1ccccc1)S2)Cc1ccccc1. The first-order valence-electron chi connectivity index (χ1n) is 14.5. The highest BCUT2D eigenvalue weighted by Gasteiger charge is 2.30. The fourth-order valence-corrected chi connectivity index (χ4v) is 6.14. The highest BCUT2D eigenvalue weighted by Crippen LogP contribution is 2.43. The summed E-state index contributed by atoms with van der Waals surface area (Å²) in [6, 6.07) is 34.2. The van der Waals surface area contributed by atoms with Gasteiger partial charge in [0.2, 0.25) is 0 Å². The molecule has 0 aromatic heterocycles. The van der Waals surface area contributed by atoms with E-state index in [1.165, 1.54) is 17.3 Å². The van der Waals surface area contributed by atoms with E-state index in [0.717, 1.165) is 53.3 Å². The molecule has 0 radical (unpaired) electrons. The molecule has 1 heterocycles. The molecular weight excluding hydrogens is 538 g/mol. The van der Waals surface area contributed by atoms with Crippen molar-refractivity contribution in [2.45, 2.75) is 38.3 Å². The van der Waals surface area contributed by atoms with Crippen LogP contribution in [0.4, 0.5) is 5.69 Å². The minimum atomic E-state index is -0.123. The summed E-state index contributed by atoms with van der Waals surface area (Å²) in [5.74, 6) is -0.184. The molecular formula is C36H37N3O2S. The van der Waals surface area contributed by atoms with Gasteiger partial charge in [0, 0.05) is 30.1 Å². The Morgan fingerprint density at radius 1 is 0.905 bits per heavy atom. The Kier molecular flexibility index (Phi) is 9.90. The van der Waals surface area contributed by atoms with E-state index < -0.39 is 0 Å². The van der Waals surface area contributed by atoms with E-state index in [9.17, 15) is 9.59 Å². The topological polar surface area (TPSA) is 52.7 Å². The molecule has 214 valence electrons. The van der Waals surface area contributed by atoms with E-state index in [0.29, 0.717) is 23.6 Å².